The second-order valence-corrected chi connectivity index (χ2v) is 21.4. The first-order valence-electron chi connectivity index (χ1n) is 28.0. The van der Waals surface area contributed by atoms with E-state index >= 15 is 0 Å². The molecule has 0 fully saturated rings. The van der Waals surface area contributed by atoms with Crippen molar-refractivity contribution < 1.29 is 38.3 Å². The van der Waals surface area contributed by atoms with Crippen molar-refractivity contribution in [2.24, 2.45) is 5.73 Å². The number of hydrogen-bond acceptors (Lipinski definition) is 11. The summed E-state index contributed by atoms with van der Waals surface area (Å²) in [5.74, 6) is -1.64. The van der Waals surface area contributed by atoms with Crippen LogP contribution in [0.2, 0.25) is 0 Å². The molecule has 71 heavy (non-hydrogen) atoms. The minimum absolute atomic E-state index is 0.0822. The molecule has 0 radical (unpaired) electrons. The Morgan fingerprint density at radius 1 is 0.451 bits per heavy atom. The summed E-state index contributed by atoms with van der Waals surface area (Å²) in [5.41, 5.74) is 5.52. The first-order chi connectivity index (χ1) is 34.6. The molecule has 2 atom stereocenters. The van der Waals surface area contributed by atoms with E-state index in [9.17, 15) is 33.6 Å². The molecule has 0 aromatic rings. The lowest BCUT2D eigenvalue weighted by atomic mass is 10.1. The number of carbonyl (C=O) groups excluding carboxylic acids is 7. The van der Waals surface area contributed by atoms with Gasteiger partial charge in [0.05, 0.1) is 6.42 Å². The summed E-state index contributed by atoms with van der Waals surface area (Å²) in [5, 5.41) is 16.8. The second kappa shape index (κ2) is 51.6. The minimum Gasteiger partial charge on any atom is -0.461 e. The number of nitrogens with two attached hydrogens (primary N) is 1. The minimum atomic E-state index is -1.14. The van der Waals surface area contributed by atoms with E-state index in [1.165, 1.54) is 103 Å². The Kier molecular flexibility index (Phi) is 49.2. The van der Waals surface area contributed by atoms with Crippen molar-refractivity contribution in [3.8, 4) is 0 Å². The fourth-order valence-electron chi connectivity index (χ4n) is 7.70. The molecule has 17 heteroatoms. The van der Waals surface area contributed by atoms with E-state index in [2.05, 4.69) is 52.7 Å². The van der Waals surface area contributed by atoms with Crippen molar-refractivity contribution in [3.05, 3.63) is 12.2 Å². The molecule has 0 saturated carbocycles. The molecule has 0 bridgehead atoms. The first kappa shape index (κ1) is 67.7. The Hall–Kier alpha value is -3.31. The number of hydrogen-bond donors (Lipinski definition) is 7. The van der Waals surface area contributed by atoms with Gasteiger partial charge < -0.3 is 42.4 Å². The van der Waals surface area contributed by atoms with Crippen LogP contribution in [0.1, 0.15) is 226 Å². The lowest BCUT2D eigenvalue weighted by Gasteiger charge is -2.21. The molecule has 412 valence electrons. The predicted molar refractivity (Wildman–Crippen MR) is 295 cm³/mol. The number of esters is 1. The van der Waals surface area contributed by atoms with Crippen LogP contribution < -0.4 is 37.6 Å². The van der Waals surface area contributed by atoms with Crippen LogP contribution in [-0.2, 0) is 38.3 Å². The molecular formula is C54H101N7O8S2. The lowest BCUT2D eigenvalue weighted by Crippen LogP contribution is -2.50. The molecule has 8 N–H and O–H groups in total. The average Bonchev–Trinajstić information content (AvgIpc) is 3.35. The molecule has 0 aromatic heterocycles. The van der Waals surface area contributed by atoms with Gasteiger partial charge >= 0.3 is 5.97 Å². The number of ether oxygens (including phenoxy) is 1. The van der Waals surface area contributed by atoms with E-state index in [0.29, 0.717) is 38.4 Å². The lowest BCUT2D eigenvalue weighted by molar-refractivity contribution is -0.142. The van der Waals surface area contributed by atoms with Crippen molar-refractivity contribution in [2.45, 2.75) is 238 Å². The van der Waals surface area contributed by atoms with Gasteiger partial charge in [0.15, 0.2) is 0 Å². The summed E-state index contributed by atoms with van der Waals surface area (Å²) < 4.78 is 5.28. The van der Waals surface area contributed by atoms with Crippen LogP contribution in [0.5, 0.6) is 0 Å². The topological polar surface area (TPSA) is 227 Å². The van der Waals surface area contributed by atoms with Gasteiger partial charge in [0, 0.05) is 69.9 Å². The van der Waals surface area contributed by atoms with Crippen LogP contribution in [0.4, 0.5) is 0 Å². The van der Waals surface area contributed by atoms with Crippen LogP contribution in [0.15, 0.2) is 12.2 Å². The third kappa shape index (κ3) is 46.2. The maximum absolute atomic E-state index is 13.5. The summed E-state index contributed by atoms with van der Waals surface area (Å²) in [6.07, 6.45) is 32.3. The number of amides is 6. The van der Waals surface area contributed by atoms with Gasteiger partial charge in [-0.3, -0.25) is 33.6 Å². The Labute approximate surface area is 438 Å². The normalized spacial score (nSPS) is 12.0. The van der Waals surface area contributed by atoms with E-state index in [1.807, 2.05) is 12.2 Å². The molecule has 0 aliphatic carbocycles. The van der Waals surface area contributed by atoms with E-state index in [-0.39, 0.29) is 63.5 Å². The van der Waals surface area contributed by atoms with Crippen molar-refractivity contribution in [2.75, 3.05) is 50.8 Å². The van der Waals surface area contributed by atoms with Crippen LogP contribution >= 0.6 is 21.6 Å². The number of nitrogens with one attached hydrogen (secondary N) is 6. The largest absolute Gasteiger partial charge is 0.461 e. The maximum atomic E-state index is 13.5. The monoisotopic (exact) mass is 1040 g/mol. The van der Waals surface area contributed by atoms with Gasteiger partial charge in [-0.15, -0.1) is 0 Å². The van der Waals surface area contributed by atoms with Gasteiger partial charge in [-0.25, -0.2) is 0 Å². The SMILES string of the molecule is CCCCCC/C=C\COC(=O)CCCNC(=O)C(CCC(=O)NC(CC(=O)NCCCCCCCCCCCC)C(=O)NCCCCCCCCCCCC)NC(=O)CCC(=O)NCCSSCCN. The van der Waals surface area contributed by atoms with E-state index in [1.54, 1.807) is 21.6 Å². The highest BCUT2D eigenvalue weighted by Gasteiger charge is 2.26. The van der Waals surface area contributed by atoms with Crippen LogP contribution in [-0.4, -0.2) is 104 Å². The summed E-state index contributed by atoms with van der Waals surface area (Å²) in [7, 11) is 3.22. The molecule has 15 nitrogen and oxygen atoms in total. The Morgan fingerprint density at radius 3 is 1.48 bits per heavy atom. The number of carbonyl (C=O) groups is 7. The zero-order valence-corrected chi connectivity index (χ0v) is 46.4. The maximum Gasteiger partial charge on any atom is 0.306 e. The summed E-state index contributed by atoms with van der Waals surface area (Å²) >= 11 is 0. The van der Waals surface area contributed by atoms with Crippen molar-refractivity contribution in [1.29, 1.82) is 0 Å². The van der Waals surface area contributed by atoms with Crippen molar-refractivity contribution in [1.82, 2.24) is 31.9 Å². The predicted octanol–water partition coefficient (Wildman–Crippen LogP) is 9.40. The molecule has 0 spiro atoms. The van der Waals surface area contributed by atoms with Gasteiger partial charge in [0.25, 0.3) is 0 Å². The molecule has 0 aromatic carbocycles. The van der Waals surface area contributed by atoms with Gasteiger partial charge in [0.2, 0.25) is 35.4 Å². The quantitative estimate of drug-likeness (QED) is 0.0131. The fourth-order valence-corrected chi connectivity index (χ4v) is 9.46. The molecule has 2 unspecified atom stereocenters. The summed E-state index contributed by atoms with van der Waals surface area (Å²) in [4.78, 5) is 91.5. The van der Waals surface area contributed by atoms with E-state index < -0.39 is 41.7 Å². The number of unbranched alkanes of at least 4 members (excludes halogenated alkanes) is 22. The second-order valence-electron chi connectivity index (χ2n) is 18.7. The van der Waals surface area contributed by atoms with Gasteiger partial charge in [-0.2, -0.15) is 0 Å². The molecule has 0 aliphatic rings. The van der Waals surface area contributed by atoms with Crippen LogP contribution in [0, 0.1) is 0 Å². The zero-order valence-electron chi connectivity index (χ0n) is 44.8. The molecule has 0 rings (SSSR count). The van der Waals surface area contributed by atoms with E-state index in [4.69, 9.17) is 10.5 Å². The first-order valence-corrected chi connectivity index (χ1v) is 30.5. The molecule has 0 saturated heterocycles. The Morgan fingerprint density at radius 2 is 0.901 bits per heavy atom. The van der Waals surface area contributed by atoms with Crippen molar-refractivity contribution in [3.63, 3.8) is 0 Å². The average molecular weight is 1040 g/mol. The number of rotatable bonds is 51. The van der Waals surface area contributed by atoms with Crippen LogP contribution in [0.3, 0.4) is 0 Å². The molecule has 6 amide bonds. The standard InChI is InChI=1S/C54H101N7O8S2/c1-4-7-10-13-16-18-20-22-25-28-38-56-51(65)45-47(54(68)58-39-29-26-23-21-19-17-14-11-8-5-2)61-49(63)34-33-46(60-50(64)36-35-48(62)57-41-44-71-70-43-37-55)53(67)59-40-31-32-52(66)69-42-30-27-24-15-12-9-6-3/h27,30,46-47H,4-26,28-29,31-45,55H2,1-3H3,(H,56,65)(H,57,62)(H,58,68)(H,59,67)(H,60,64)(H,61,63)/b30-27-. The van der Waals surface area contributed by atoms with Gasteiger partial charge in [0.1, 0.15) is 18.7 Å². The Balaban J connectivity index is 5.46. The highest BCUT2D eigenvalue weighted by molar-refractivity contribution is 8.76. The van der Waals surface area contributed by atoms with Gasteiger partial charge in [-0.1, -0.05) is 189 Å². The fraction of sp³-hybridized carbons (Fsp3) is 0.833. The Bertz CT molecular complexity index is 1410. The molecule has 0 aliphatic heterocycles. The van der Waals surface area contributed by atoms with E-state index in [0.717, 1.165) is 63.5 Å². The summed E-state index contributed by atoms with van der Waals surface area (Å²) in [6.45, 7) is 8.84. The molecular weight excluding hydrogens is 939 g/mol. The highest BCUT2D eigenvalue weighted by atomic mass is 33.1. The van der Waals surface area contributed by atoms with Gasteiger partial charge in [-0.05, 0) is 38.5 Å². The smallest absolute Gasteiger partial charge is 0.306 e. The zero-order chi connectivity index (χ0) is 52.3. The number of allylic oxidation sites excluding steroid dienone is 1. The highest BCUT2D eigenvalue weighted by Crippen LogP contribution is 2.19. The third-order valence-corrected chi connectivity index (χ3v) is 14.4. The summed E-state index contributed by atoms with van der Waals surface area (Å²) in [6, 6.07) is -2.27. The van der Waals surface area contributed by atoms with Crippen LogP contribution in [0.25, 0.3) is 0 Å². The van der Waals surface area contributed by atoms with Crippen molar-refractivity contribution >= 4 is 63.0 Å². The third-order valence-electron chi connectivity index (χ3n) is 12.0. The molecule has 0 heterocycles.